The molecule has 0 atom stereocenters. The predicted octanol–water partition coefficient (Wildman–Crippen LogP) is 2.16. The topological polar surface area (TPSA) is 58.0 Å². The van der Waals surface area contributed by atoms with Crippen LogP contribution in [0.5, 0.6) is 0 Å². The summed E-state index contributed by atoms with van der Waals surface area (Å²) in [6.45, 7) is 2.39. The lowest BCUT2D eigenvalue weighted by Crippen LogP contribution is -2.33. The van der Waals surface area contributed by atoms with E-state index in [4.69, 9.17) is 11.6 Å². The number of hydrogen-bond donors (Lipinski definition) is 2. The summed E-state index contributed by atoms with van der Waals surface area (Å²) in [4.78, 5) is 8.00. The molecule has 16 heavy (non-hydrogen) atoms. The van der Waals surface area contributed by atoms with Crippen molar-refractivity contribution in [2.75, 3.05) is 11.9 Å². The van der Waals surface area contributed by atoms with Gasteiger partial charge in [-0.2, -0.15) is 0 Å². The number of nitrogens with one attached hydrogen (secondary N) is 1. The fourth-order valence-corrected chi connectivity index (χ4v) is 2.20. The first-order chi connectivity index (χ1) is 7.61. The molecule has 1 aromatic heterocycles. The Morgan fingerprint density at radius 3 is 2.81 bits per heavy atom. The summed E-state index contributed by atoms with van der Waals surface area (Å²) >= 11 is 5.89. The highest BCUT2D eigenvalue weighted by Crippen LogP contribution is 2.30. The van der Waals surface area contributed by atoms with Crippen molar-refractivity contribution < 1.29 is 5.11 Å². The fourth-order valence-electron chi connectivity index (χ4n) is 2.07. The van der Waals surface area contributed by atoms with E-state index in [-0.39, 0.29) is 0 Å². The first kappa shape index (κ1) is 11.6. The summed E-state index contributed by atoms with van der Waals surface area (Å²) < 4.78 is 0. The molecule has 0 unspecified atom stereocenters. The maximum absolute atomic E-state index is 10.2. The van der Waals surface area contributed by atoms with Crippen LogP contribution < -0.4 is 5.32 Å². The summed E-state index contributed by atoms with van der Waals surface area (Å²) in [6.07, 6.45) is 5.34. The molecule has 1 fully saturated rings. The molecule has 0 radical (unpaired) electrons. The summed E-state index contributed by atoms with van der Waals surface area (Å²) in [6, 6.07) is 0. The molecule has 5 heteroatoms. The van der Waals surface area contributed by atoms with Gasteiger partial charge in [0.2, 0.25) is 0 Å². The van der Waals surface area contributed by atoms with Crippen LogP contribution in [0.15, 0.2) is 6.33 Å². The Kier molecular flexibility index (Phi) is 3.30. The van der Waals surface area contributed by atoms with Crippen LogP contribution in [0, 0.1) is 6.92 Å². The van der Waals surface area contributed by atoms with Gasteiger partial charge in [-0.1, -0.05) is 24.4 Å². The minimum atomic E-state index is -0.579. The van der Waals surface area contributed by atoms with Crippen molar-refractivity contribution in [1.29, 1.82) is 0 Å². The number of aromatic nitrogens is 2. The van der Waals surface area contributed by atoms with Crippen molar-refractivity contribution in [2.45, 2.75) is 38.2 Å². The molecule has 0 spiro atoms. The molecule has 0 amide bonds. The molecule has 1 saturated carbocycles. The van der Waals surface area contributed by atoms with Crippen molar-refractivity contribution in [3.05, 3.63) is 17.0 Å². The minimum Gasteiger partial charge on any atom is -0.388 e. The zero-order valence-corrected chi connectivity index (χ0v) is 10.1. The monoisotopic (exact) mass is 241 g/mol. The van der Waals surface area contributed by atoms with Gasteiger partial charge >= 0.3 is 0 Å². The third kappa shape index (κ3) is 2.44. The Bertz CT molecular complexity index is 377. The van der Waals surface area contributed by atoms with Crippen molar-refractivity contribution in [3.8, 4) is 0 Å². The largest absolute Gasteiger partial charge is 0.388 e. The van der Waals surface area contributed by atoms with Crippen LogP contribution >= 0.6 is 11.6 Å². The first-order valence-corrected chi connectivity index (χ1v) is 5.92. The van der Waals surface area contributed by atoms with Crippen LogP contribution in [0.2, 0.25) is 5.15 Å². The van der Waals surface area contributed by atoms with Crippen LogP contribution in [0.3, 0.4) is 0 Å². The molecule has 4 nitrogen and oxygen atoms in total. The lowest BCUT2D eigenvalue weighted by atomic mass is 10.0. The van der Waals surface area contributed by atoms with Crippen molar-refractivity contribution >= 4 is 17.4 Å². The van der Waals surface area contributed by atoms with Gasteiger partial charge in [-0.05, 0) is 19.8 Å². The van der Waals surface area contributed by atoms with E-state index in [0.717, 1.165) is 31.2 Å². The van der Waals surface area contributed by atoms with E-state index >= 15 is 0 Å². The van der Waals surface area contributed by atoms with Gasteiger partial charge in [-0.3, -0.25) is 0 Å². The van der Waals surface area contributed by atoms with Gasteiger partial charge in [0.25, 0.3) is 0 Å². The van der Waals surface area contributed by atoms with Crippen molar-refractivity contribution in [3.63, 3.8) is 0 Å². The number of hydrogen-bond acceptors (Lipinski definition) is 4. The second-order valence-corrected chi connectivity index (χ2v) is 4.78. The molecule has 1 aliphatic carbocycles. The number of nitrogens with zero attached hydrogens (tertiary/aromatic N) is 2. The SMILES string of the molecule is Cc1c(Cl)ncnc1NCC1(O)CCCC1. The highest BCUT2D eigenvalue weighted by molar-refractivity contribution is 6.30. The predicted molar refractivity (Wildman–Crippen MR) is 63.7 cm³/mol. The molecule has 1 aromatic rings. The highest BCUT2D eigenvalue weighted by atomic mass is 35.5. The molecular weight excluding hydrogens is 226 g/mol. The number of anilines is 1. The maximum atomic E-state index is 10.2. The average Bonchev–Trinajstić information content (AvgIpc) is 2.68. The fraction of sp³-hybridized carbons (Fsp3) is 0.636. The Morgan fingerprint density at radius 2 is 2.12 bits per heavy atom. The van der Waals surface area contributed by atoms with Gasteiger partial charge < -0.3 is 10.4 Å². The first-order valence-electron chi connectivity index (χ1n) is 5.54. The molecule has 88 valence electrons. The normalized spacial score (nSPS) is 18.7. The van der Waals surface area contributed by atoms with E-state index in [1.54, 1.807) is 0 Å². The maximum Gasteiger partial charge on any atom is 0.137 e. The zero-order valence-electron chi connectivity index (χ0n) is 9.33. The Labute approximate surface area is 100 Å². The van der Waals surface area contributed by atoms with Crippen LogP contribution in [0.1, 0.15) is 31.2 Å². The molecule has 1 aliphatic rings. The quantitative estimate of drug-likeness (QED) is 0.797. The standard InChI is InChI=1S/C11H16ClN3O/c1-8-9(12)14-7-15-10(8)13-6-11(16)4-2-3-5-11/h7,16H,2-6H2,1H3,(H,13,14,15). The van der Waals surface area contributed by atoms with Gasteiger partial charge in [-0.25, -0.2) is 9.97 Å². The van der Waals surface area contributed by atoms with Crippen molar-refractivity contribution in [2.24, 2.45) is 0 Å². The Morgan fingerprint density at radius 1 is 1.44 bits per heavy atom. The van der Waals surface area contributed by atoms with E-state index in [9.17, 15) is 5.11 Å². The molecule has 0 aliphatic heterocycles. The van der Waals surface area contributed by atoms with E-state index < -0.39 is 5.60 Å². The van der Waals surface area contributed by atoms with Crippen LogP contribution in [0.4, 0.5) is 5.82 Å². The van der Waals surface area contributed by atoms with Crippen LogP contribution in [-0.4, -0.2) is 27.2 Å². The van der Waals surface area contributed by atoms with Gasteiger partial charge in [0.1, 0.15) is 17.3 Å². The molecule has 1 heterocycles. The Balaban J connectivity index is 2.02. The van der Waals surface area contributed by atoms with Gasteiger partial charge in [-0.15, -0.1) is 0 Å². The van der Waals surface area contributed by atoms with E-state index in [1.165, 1.54) is 6.33 Å². The van der Waals surface area contributed by atoms with E-state index in [2.05, 4.69) is 15.3 Å². The van der Waals surface area contributed by atoms with Crippen molar-refractivity contribution in [1.82, 2.24) is 9.97 Å². The third-order valence-corrected chi connectivity index (χ3v) is 3.52. The second-order valence-electron chi connectivity index (χ2n) is 4.42. The highest BCUT2D eigenvalue weighted by Gasteiger charge is 2.30. The van der Waals surface area contributed by atoms with Crippen LogP contribution in [-0.2, 0) is 0 Å². The summed E-state index contributed by atoms with van der Waals surface area (Å²) in [5, 5.41) is 13.8. The number of rotatable bonds is 3. The van der Waals surface area contributed by atoms with E-state index in [1.807, 2.05) is 6.92 Å². The minimum absolute atomic E-state index is 0.455. The molecule has 2 N–H and O–H groups in total. The molecule has 2 rings (SSSR count). The lowest BCUT2D eigenvalue weighted by molar-refractivity contribution is 0.0614. The number of aliphatic hydroxyl groups is 1. The summed E-state index contributed by atoms with van der Waals surface area (Å²) in [5.74, 6) is 0.709. The Hall–Kier alpha value is -0.870. The van der Waals surface area contributed by atoms with Crippen LogP contribution in [0.25, 0.3) is 0 Å². The van der Waals surface area contributed by atoms with Gasteiger partial charge in [0.15, 0.2) is 0 Å². The molecule has 0 bridgehead atoms. The summed E-state index contributed by atoms with van der Waals surface area (Å²) in [5.41, 5.74) is 0.245. The smallest absolute Gasteiger partial charge is 0.137 e. The second kappa shape index (κ2) is 4.55. The third-order valence-electron chi connectivity index (χ3n) is 3.14. The molecule has 0 aromatic carbocycles. The molecule has 0 saturated heterocycles. The average molecular weight is 242 g/mol. The zero-order chi connectivity index (χ0) is 11.6. The van der Waals surface area contributed by atoms with Gasteiger partial charge in [0.05, 0.1) is 5.60 Å². The van der Waals surface area contributed by atoms with Gasteiger partial charge in [0, 0.05) is 12.1 Å². The lowest BCUT2D eigenvalue weighted by Gasteiger charge is -2.23. The van der Waals surface area contributed by atoms with E-state index in [0.29, 0.717) is 17.5 Å². The summed E-state index contributed by atoms with van der Waals surface area (Å²) in [7, 11) is 0. The number of halogens is 1. The molecular formula is C11H16ClN3O.